The molecule has 0 fully saturated rings. The van der Waals surface area contributed by atoms with Crippen molar-refractivity contribution >= 4 is 12.4 Å². The van der Waals surface area contributed by atoms with Crippen molar-refractivity contribution in [3.63, 3.8) is 0 Å². The number of nitrogens with one attached hydrogen (secondary N) is 1. The van der Waals surface area contributed by atoms with Crippen LogP contribution in [-0.2, 0) is 6.42 Å². The number of aryl methyl sites for hydroxylation is 1. The number of ether oxygens (including phenoxy) is 3. The summed E-state index contributed by atoms with van der Waals surface area (Å²) in [5.74, 6) is 1.66. The van der Waals surface area contributed by atoms with Crippen LogP contribution in [0.2, 0.25) is 0 Å². The molecule has 2 aromatic carbocycles. The average molecular weight is 396 g/mol. The summed E-state index contributed by atoms with van der Waals surface area (Å²) in [6.07, 6.45) is 0.381. The number of hydrogen-bond donors (Lipinski definition) is 2. The predicted molar refractivity (Wildman–Crippen MR) is 111 cm³/mol. The Hall–Kier alpha value is -1.95. The first-order valence-electron chi connectivity index (χ1n) is 8.93. The number of methoxy groups -OCH3 is 2. The van der Waals surface area contributed by atoms with Crippen molar-refractivity contribution in [3.8, 4) is 17.2 Å². The monoisotopic (exact) mass is 395 g/mol. The molecule has 0 radical (unpaired) electrons. The molecular weight excluding hydrogens is 366 g/mol. The van der Waals surface area contributed by atoms with E-state index in [2.05, 4.69) is 43.4 Å². The van der Waals surface area contributed by atoms with Gasteiger partial charge in [0.15, 0.2) is 11.5 Å². The van der Waals surface area contributed by atoms with Crippen LogP contribution in [0.15, 0.2) is 42.5 Å². The van der Waals surface area contributed by atoms with Gasteiger partial charge in [-0.25, -0.2) is 0 Å². The van der Waals surface area contributed by atoms with Gasteiger partial charge in [-0.1, -0.05) is 37.3 Å². The molecule has 5 nitrogen and oxygen atoms in total. The van der Waals surface area contributed by atoms with Gasteiger partial charge in [0.1, 0.15) is 12.7 Å². The lowest BCUT2D eigenvalue weighted by Crippen LogP contribution is -2.33. The summed E-state index contributed by atoms with van der Waals surface area (Å²) in [6, 6.07) is 14.1. The first kappa shape index (κ1) is 23.1. The molecule has 0 saturated carbocycles. The molecule has 2 aromatic rings. The molecule has 2 rings (SSSR count). The molecule has 150 valence electrons. The summed E-state index contributed by atoms with van der Waals surface area (Å²) in [4.78, 5) is 0. The number of halogens is 1. The second kappa shape index (κ2) is 11.7. The van der Waals surface area contributed by atoms with Crippen LogP contribution in [0.1, 0.15) is 31.0 Å². The molecule has 0 aliphatic heterocycles. The number of rotatable bonds is 10. The summed E-state index contributed by atoms with van der Waals surface area (Å²) in [6.45, 7) is 4.79. The summed E-state index contributed by atoms with van der Waals surface area (Å²) in [7, 11) is 3.15. The van der Waals surface area contributed by atoms with Gasteiger partial charge in [-0.2, -0.15) is 0 Å². The van der Waals surface area contributed by atoms with E-state index in [4.69, 9.17) is 14.2 Å². The summed E-state index contributed by atoms with van der Waals surface area (Å²) in [5.41, 5.74) is 2.52. The maximum Gasteiger partial charge on any atom is 0.203 e. The van der Waals surface area contributed by atoms with Crippen molar-refractivity contribution in [1.82, 2.24) is 5.32 Å². The van der Waals surface area contributed by atoms with Crippen molar-refractivity contribution in [2.45, 2.75) is 32.4 Å². The SMILES string of the molecule is CCc1ccc(C(C)NCC(O)COc2c(OC)cccc2OC)cc1.Cl. The summed E-state index contributed by atoms with van der Waals surface area (Å²) in [5, 5.41) is 13.6. The van der Waals surface area contributed by atoms with Gasteiger partial charge in [-0.3, -0.25) is 0 Å². The zero-order chi connectivity index (χ0) is 18.9. The molecule has 0 bridgehead atoms. The molecule has 2 unspecified atom stereocenters. The standard InChI is InChI=1S/C21H29NO4.ClH/c1-5-16-9-11-17(12-10-16)15(2)22-13-18(23)14-26-21-19(24-3)7-6-8-20(21)25-4;/h6-12,15,18,22-23H,5,13-14H2,1-4H3;1H. The third kappa shape index (κ3) is 6.61. The highest BCUT2D eigenvalue weighted by atomic mass is 35.5. The third-order valence-electron chi connectivity index (χ3n) is 4.35. The molecule has 0 heterocycles. The third-order valence-corrected chi connectivity index (χ3v) is 4.35. The number of aliphatic hydroxyl groups excluding tert-OH is 1. The molecule has 2 N–H and O–H groups in total. The lowest BCUT2D eigenvalue weighted by molar-refractivity contribution is 0.100. The topological polar surface area (TPSA) is 60.0 Å². The van der Waals surface area contributed by atoms with Crippen LogP contribution in [0, 0.1) is 0 Å². The zero-order valence-electron chi connectivity index (χ0n) is 16.4. The smallest absolute Gasteiger partial charge is 0.203 e. The lowest BCUT2D eigenvalue weighted by Gasteiger charge is -2.19. The molecule has 27 heavy (non-hydrogen) atoms. The minimum Gasteiger partial charge on any atom is -0.493 e. The largest absolute Gasteiger partial charge is 0.493 e. The van der Waals surface area contributed by atoms with E-state index in [9.17, 15) is 5.11 Å². The fraction of sp³-hybridized carbons (Fsp3) is 0.429. The maximum absolute atomic E-state index is 10.2. The molecule has 2 atom stereocenters. The molecule has 0 spiro atoms. The number of aliphatic hydroxyl groups is 1. The van der Waals surface area contributed by atoms with Crippen molar-refractivity contribution in [3.05, 3.63) is 53.6 Å². The van der Waals surface area contributed by atoms with Gasteiger partial charge in [0, 0.05) is 12.6 Å². The first-order valence-corrected chi connectivity index (χ1v) is 8.93. The second-order valence-electron chi connectivity index (χ2n) is 6.18. The van der Waals surface area contributed by atoms with E-state index in [0.717, 1.165) is 6.42 Å². The van der Waals surface area contributed by atoms with E-state index in [-0.39, 0.29) is 25.1 Å². The molecule has 0 aliphatic rings. The Balaban J connectivity index is 0.00000364. The predicted octanol–water partition coefficient (Wildman–Crippen LogP) is 3.78. The Morgan fingerprint density at radius 3 is 2.11 bits per heavy atom. The second-order valence-corrected chi connectivity index (χ2v) is 6.18. The quantitative estimate of drug-likeness (QED) is 0.641. The van der Waals surface area contributed by atoms with Gasteiger partial charge in [-0.05, 0) is 36.6 Å². The van der Waals surface area contributed by atoms with Gasteiger partial charge >= 0.3 is 0 Å². The summed E-state index contributed by atoms with van der Waals surface area (Å²) >= 11 is 0. The van der Waals surface area contributed by atoms with Crippen molar-refractivity contribution in [2.24, 2.45) is 0 Å². The van der Waals surface area contributed by atoms with Crippen molar-refractivity contribution in [1.29, 1.82) is 0 Å². The van der Waals surface area contributed by atoms with E-state index in [0.29, 0.717) is 23.8 Å². The van der Waals surface area contributed by atoms with Gasteiger partial charge < -0.3 is 24.6 Å². The van der Waals surface area contributed by atoms with Gasteiger partial charge in [0.05, 0.1) is 14.2 Å². The lowest BCUT2D eigenvalue weighted by atomic mass is 10.0. The van der Waals surface area contributed by atoms with Gasteiger partial charge in [0.25, 0.3) is 0 Å². The van der Waals surface area contributed by atoms with Crippen LogP contribution in [0.4, 0.5) is 0 Å². The zero-order valence-corrected chi connectivity index (χ0v) is 17.2. The van der Waals surface area contributed by atoms with Gasteiger partial charge in [-0.15, -0.1) is 12.4 Å². The minimum absolute atomic E-state index is 0. The Labute approximate surface area is 168 Å². The Morgan fingerprint density at radius 1 is 1.00 bits per heavy atom. The van der Waals surface area contributed by atoms with Crippen molar-refractivity contribution < 1.29 is 19.3 Å². The molecule has 0 aromatic heterocycles. The fourth-order valence-electron chi connectivity index (χ4n) is 2.67. The fourth-order valence-corrected chi connectivity index (χ4v) is 2.67. The highest BCUT2D eigenvalue weighted by Crippen LogP contribution is 2.36. The number of benzene rings is 2. The van der Waals surface area contributed by atoms with Crippen LogP contribution >= 0.6 is 12.4 Å². The number of hydrogen-bond acceptors (Lipinski definition) is 5. The van der Waals surface area contributed by atoms with Crippen molar-refractivity contribution in [2.75, 3.05) is 27.4 Å². The minimum atomic E-state index is -0.651. The van der Waals surface area contributed by atoms with E-state index < -0.39 is 6.10 Å². The number of para-hydroxylation sites is 1. The Kier molecular flexibility index (Phi) is 10.0. The molecular formula is C21H30ClNO4. The maximum atomic E-state index is 10.2. The Bertz CT molecular complexity index is 656. The van der Waals surface area contributed by atoms with E-state index in [1.807, 2.05) is 6.07 Å². The van der Waals surface area contributed by atoms with Crippen LogP contribution in [-0.4, -0.2) is 38.6 Å². The van der Waals surface area contributed by atoms with Crippen LogP contribution in [0.3, 0.4) is 0 Å². The Morgan fingerprint density at radius 2 is 1.59 bits per heavy atom. The van der Waals surface area contributed by atoms with E-state index in [1.54, 1.807) is 26.4 Å². The molecule has 0 saturated heterocycles. The van der Waals surface area contributed by atoms with Crippen LogP contribution < -0.4 is 19.5 Å². The van der Waals surface area contributed by atoms with Crippen LogP contribution in [0.25, 0.3) is 0 Å². The molecule has 0 amide bonds. The average Bonchev–Trinajstić information content (AvgIpc) is 2.70. The normalized spacial score (nSPS) is 12.6. The highest BCUT2D eigenvalue weighted by molar-refractivity contribution is 5.85. The van der Waals surface area contributed by atoms with Gasteiger partial charge in [0.2, 0.25) is 5.75 Å². The summed E-state index contributed by atoms with van der Waals surface area (Å²) < 4.78 is 16.3. The van der Waals surface area contributed by atoms with E-state index >= 15 is 0 Å². The molecule has 6 heteroatoms. The first-order chi connectivity index (χ1) is 12.6. The molecule has 0 aliphatic carbocycles. The van der Waals surface area contributed by atoms with Crippen LogP contribution in [0.5, 0.6) is 17.2 Å². The highest BCUT2D eigenvalue weighted by Gasteiger charge is 2.14. The van der Waals surface area contributed by atoms with E-state index in [1.165, 1.54) is 11.1 Å².